The number of methoxy groups -OCH3 is 1. The maximum Gasteiger partial charge on any atom is 0.338 e. The van der Waals surface area contributed by atoms with Gasteiger partial charge in [0.2, 0.25) is 0 Å². The third-order valence-electron chi connectivity index (χ3n) is 6.95. The Morgan fingerprint density at radius 2 is 1.88 bits per heavy atom. The topological polar surface area (TPSA) is 79.1 Å². The first-order valence-electron chi connectivity index (χ1n) is 14.0. The molecule has 0 fully saturated rings. The fourth-order valence-corrected chi connectivity index (χ4v) is 6.63. The molecule has 3 aromatic carbocycles. The average molecular weight is 650 g/mol. The van der Waals surface area contributed by atoms with Crippen molar-refractivity contribution in [3.05, 3.63) is 101 Å². The lowest BCUT2D eigenvalue weighted by molar-refractivity contribution is -0.139. The van der Waals surface area contributed by atoms with Gasteiger partial charge in [0.1, 0.15) is 17.5 Å². The SMILES string of the molecule is CCCC1=C(C(=O)OCC)[C@H](c2cc(Br)ccc2OC)n2c(s/c(=C/c3c(OC(C)C)ccc4ccccc34)c2=O)=N1. The lowest BCUT2D eigenvalue weighted by Crippen LogP contribution is -2.40. The molecular formula is C33H33BrN2O5S. The van der Waals surface area contributed by atoms with Crippen LogP contribution in [0.3, 0.4) is 0 Å². The van der Waals surface area contributed by atoms with Crippen molar-refractivity contribution < 1.29 is 19.0 Å². The summed E-state index contributed by atoms with van der Waals surface area (Å²) < 4.78 is 20.3. The summed E-state index contributed by atoms with van der Waals surface area (Å²) in [5, 5.41) is 2.02. The second-order valence-corrected chi connectivity index (χ2v) is 12.1. The van der Waals surface area contributed by atoms with Gasteiger partial charge < -0.3 is 14.2 Å². The zero-order valence-electron chi connectivity index (χ0n) is 24.3. The van der Waals surface area contributed by atoms with Crippen LogP contribution in [-0.2, 0) is 9.53 Å². The Balaban J connectivity index is 1.84. The molecule has 1 aliphatic heterocycles. The summed E-state index contributed by atoms with van der Waals surface area (Å²) in [7, 11) is 1.58. The summed E-state index contributed by atoms with van der Waals surface area (Å²) in [5.74, 6) is 0.755. The number of esters is 1. The van der Waals surface area contributed by atoms with Crippen LogP contribution in [0.25, 0.3) is 16.8 Å². The average Bonchev–Trinajstić information content (AvgIpc) is 3.27. The van der Waals surface area contributed by atoms with E-state index in [0.717, 1.165) is 27.2 Å². The molecule has 9 heteroatoms. The van der Waals surface area contributed by atoms with Gasteiger partial charge in [-0.25, -0.2) is 9.79 Å². The molecule has 0 saturated carbocycles. The van der Waals surface area contributed by atoms with Crippen LogP contribution in [0.2, 0.25) is 0 Å². The van der Waals surface area contributed by atoms with Crippen LogP contribution in [0.5, 0.6) is 11.5 Å². The van der Waals surface area contributed by atoms with Crippen molar-refractivity contribution in [2.45, 2.75) is 52.7 Å². The van der Waals surface area contributed by atoms with Gasteiger partial charge in [0.15, 0.2) is 4.80 Å². The van der Waals surface area contributed by atoms with E-state index in [1.165, 1.54) is 11.3 Å². The molecule has 0 unspecified atom stereocenters. The quantitative estimate of drug-likeness (QED) is 0.199. The molecule has 0 aliphatic carbocycles. The largest absolute Gasteiger partial charge is 0.496 e. The number of ether oxygens (including phenoxy) is 3. The van der Waals surface area contributed by atoms with E-state index in [1.54, 1.807) is 18.6 Å². The Morgan fingerprint density at radius 1 is 1.12 bits per heavy atom. The molecule has 0 radical (unpaired) electrons. The number of halogens is 1. The highest BCUT2D eigenvalue weighted by Gasteiger charge is 2.36. The highest BCUT2D eigenvalue weighted by atomic mass is 79.9. The zero-order chi connectivity index (χ0) is 30.0. The van der Waals surface area contributed by atoms with E-state index in [2.05, 4.69) is 15.9 Å². The fourth-order valence-electron chi connectivity index (χ4n) is 5.25. The van der Waals surface area contributed by atoms with E-state index in [1.807, 2.05) is 81.4 Å². The van der Waals surface area contributed by atoms with Crippen LogP contribution in [0.15, 0.2) is 80.1 Å². The number of carbonyl (C=O) groups is 1. The molecule has 0 bridgehead atoms. The Bertz CT molecular complexity index is 1870. The maximum absolute atomic E-state index is 14.4. The van der Waals surface area contributed by atoms with Crippen LogP contribution in [0, 0.1) is 0 Å². The molecule has 42 heavy (non-hydrogen) atoms. The summed E-state index contributed by atoms with van der Waals surface area (Å²) in [4.78, 5) is 33.3. The smallest absolute Gasteiger partial charge is 0.338 e. The number of nitrogens with zero attached hydrogens (tertiary/aromatic N) is 2. The molecule has 1 atom stereocenters. The number of carbonyl (C=O) groups excluding carboxylic acids is 1. The summed E-state index contributed by atoms with van der Waals surface area (Å²) >= 11 is 4.87. The van der Waals surface area contributed by atoms with E-state index < -0.39 is 12.0 Å². The number of allylic oxidation sites excluding steroid dienone is 1. The third kappa shape index (κ3) is 5.68. The normalized spacial score (nSPS) is 15.1. The van der Waals surface area contributed by atoms with Crippen molar-refractivity contribution in [2.75, 3.05) is 13.7 Å². The van der Waals surface area contributed by atoms with E-state index in [9.17, 15) is 9.59 Å². The van der Waals surface area contributed by atoms with Gasteiger partial charge >= 0.3 is 5.97 Å². The summed E-state index contributed by atoms with van der Waals surface area (Å²) in [6.07, 6.45) is 3.16. The van der Waals surface area contributed by atoms with E-state index in [4.69, 9.17) is 19.2 Å². The van der Waals surface area contributed by atoms with Gasteiger partial charge in [-0.05, 0) is 68.3 Å². The molecule has 0 amide bonds. The van der Waals surface area contributed by atoms with Crippen LogP contribution in [-0.4, -0.2) is 30.4 Å². The monoisotopic (exact) mass is 648 g/mol. The van der Waals surface area contributed by atoms with Crippen molar-refractivity contribution in [2.24, 2.45) is 4.99 Å². The van der Waals surface area contributed by atoms with Crippen LogP contribution < -0.4 is 24.4 Å². The molecule has 2 heterocycles. The molecule has 0 N–H and O–H groups in total. The van der Waals surface area contributed by atoms with Gasteiger partial charge in [-0.15, -0.1) is 0 Å². The molecule has 1 aromatic heterocycles. The minimum Gasteiger partial charge on any atom is -0.496 e. The summed E-state index contributed by atoms with van der Waals surface area (Å²) in [6, 6.07) is 16.8. The Morgan fingerprint density at radius 3 is 2.60 bits per heavy atom. The van der Waals surface area contributed by atoms with Gasteiger partial charge in [0.25, 0.3) is 5.56 Å². The molecule has 4 aromatic rings. The van der Waals surface area contributed by atoms with E-state index >= 15 is 0 Å². The second kappa shape index (κ2) is 12.7. The van der Waals surface area contributed by atoms with Crippen LogP contribution >= 0.6 is 27.3 Å². The Labute approximate surface area is 256 Å². The molecular weight excluding hydrogens is 616 g/mol. The highest BCUT2D eigenvalue weighted by Crippen LogP contribution is 2.38. The second-order valence-electron chi connectivity index (χ2n) is 10.2. The predicted molar refractivity (Wildman–Crippen MR) is 170 cm³/mol. The number of hydrogen-bond donors (Lipinski definition) is 0. The number of benzene rings is 3. The van der Waals surface area contributed by atoms with Crippen molar-refractivity contribution >= 4 is 50.1 Å². The molecule has 5 rings (SSSR count). The van der Waals surface area contributed by atoms with Gasteiger partial charge in [0.05, 0.1) is 35.6 Å². The zero-order valence-corrected chi connectivity index (χ0v) is 26.7. The van der Waals surface area contributed by atoms with E-state index in [-0.39, 0.29) is 18.3 Å². The Hall–Kier alpha value is -3.69. The lowest BCUT2D eigenvalue weighted by Gasteiger charge is -2.27. The number of aromatic nitrogens is 1. The molecule has 1 aliphatic rings. The molecule has 218 valence electrons. The van der Waals surface area contributed by atoms with E-state index in [0.29, 0.717) is 44.1 Å². The highest BCUT2D eigenvalue weighted by molar-refractivity contribution is 9.10. The first-order valence-corrected chi connectivity index (χ1v) is 15.6. The van der Waals surface area contributed by atoms with Crippen molar-refractivity contribution in [3.8, 4) is 11.5 Å². The lowest BCUT2D eigenvalue weighted by atomic mass is 9.93. The van der Waals surface area contributed by atoms with Crippen LogP contribution in [0.4, 0.5) is 0 Å². The number of rotatable bonds is 9. The fraction of sp³-hybridized carbons (Fsp3) is 0.303. The first kappa shape index (κ1) is 29.8. The first-order chi connectivity index (χ1) is 20.3. The minimum absolute atomic E-state index is 0.0488. The molecule has 0 spiro atoms. The van der Waals surface area contributed by atoms with Crippen molar-refractivity contribution in [1.29, 1.82) is 0 Å². The standard InChI is InChI=1S/C33H33BrN2O5S/c1-6-10-25-29(32(38)40-7-2)30(24-17-21(34)14-16-26(24)39-5)36-31(37)28(42-33(36)35-25)18-23-22-12-9-8-11-20(22)13-15-27(23)41-19(3)4/h8-9,11-19,30H,6-7,10H2,1-5H3/b28-18+/t30-/m0/s1. The maximum atomic E-state index is 14.4. The summed E-state index contributed by atoms with van der Waals surface area (Å²) in [6.45, 7) is 7.96. The number of fused-ring (bicyclic) bond motifs is 2. The van der Waals surface area contributed by atoms with Crippen LogP contribution in [0.1, 0.15) is 57.7 Å². The predicted octanol–water partition coefficient (Wildman–Crippen LogP) is 6.29. The minimum atomic E-state index is -0.782. The van der Waals surface area contributed by atoms with Gasteiger partial charge in [-0.3, -0.25) is 9.36 Å². The number of thiazole rings is 1. The van der Waals surface area contributed by atoms with Crippen molar-refractivity contribution in [1.82, 2.24) is 4.57 Å². The third-order valence-corrected chi connectivity index (χ3v) is 8.42. The number of hydrogen-bond acceptors (Lipinski definition) is 7. The molecule has 0 saturated heterocycles. The van der Waals surface area contributed by atoms with Gasteiger partial charge in [0, 0.05) is 15.6 Å². The van der Waals surface area contributed by atoms with Gasteiger partial charge in [-0.1, -0.05) is 70.9 Å². The summed E-state index contributed by atoms with van der Waals surface area (Å²) in [5.41, 5.74) is 2.20. The molecule has 7 nitrogen and oxygen atoms in total. The van der Waals surface area contributed by atoms with Gasteiger partial charge in [-0.2, -0.15) is 0 Å². The van der Waals surface area contributed by atoms with Crippen molar-refractivity contribution in [3.63, 3.8) is 0 Å². The Kier molecular flexibility index (Phi) is 8.99.